The topological polar surface area (TPSA) is 93.9 Å². The minimum absolute atomic E-state index is 0.104. The molecule has 0 atom stereocenters. The fourth-order valence-electron chi connectivity index (χ4n) is 2.35. The lowest BCUT2D eigenvalue weighted by Crippen LogP contribution is -2.13. The summed E-state index contributed by atoms with van der Waals surface area (Å²) in [6.07, 6.45) is 0. The number of hydrogen-bond donors (Lipinski definition) is 2. The lowest BCUT2D eigenvalue weighted by molar-refractivity contribution is 0.0996. The molecular formula is C15H14N4O2. The minimum atomic E-state index is -0.630. The number of rotatable bonds is 4. The second-order valence-electron chi connectivity index (χ2n) is 4.48. The zero-order valence-electron chi connectivity index (χ0n) is 11.5. The Morgan fingerprint density at radius 3 is 2.81 bits per heavy atom. The number of primary amides is 1. The SMILES string of the molecule is CCOc1ccc2ccccc2c1-c1n[nH]nc1C(N)=O. The summed E-state index contributed by atoms with van der Waals surface area (Å²) in [4.78, 5) is 11.5. The van der Waals surface area contributed by atoms with E-state index >= 15 is 0 Å². The van der Waals surface area contributed by atoms with E-state index in [0.717, 1.165) is 16.3 Å². The molecule has 3 N–H and O–H groups in total. The maximum absolute atomic E-state index is 11.5. The third-order valence-electron chi connectivity index (χ3n) is 3.21. The molecule has 3 rings (SSSR count). The highest BCUT2D eigenvalue weighted by molar-refractivity contribution is 6.05. The number of nitrogens with one attached hydrogen (secondary N) is 1. The molecule has 1 heterocycles. The zero-order chi connectivity index (χ0) is 14.8. The first-order valence-corrected chi connectivity index (χ1v) is 6.58. The van der Waals surface area contributed by atoms with Crippen molar-refractivity contribution in [2.24, 2.45) is 5.73 Å². The molecule has 0 unspecified atom stereocenters. The van der Waals surface area contributed by atoms with Crippen LogP contribution in [0.4, 0.5) is 0 Å². The summed E-state index contributed by atoms with van der Waals surface area (Å²) in [6, 6.07) is 11.6. The highest BCUT2D eigenvalue weighted by Crippen LogP contribution is 2.37. The van der Waals surface area contributed by atoms with Gasteiger partial charge >= 0.3 is 0 Å². The highest BCUT2D eigenvalue weighted by atomic mass is 16.5. The number of aromatic nitrogens is 3. The van der Waals surface area contributed by atoms with Crippen LogP contribution in [0.3, 0.4) is 0 Å². The molecule has 1 aromatic heterocycles. The Balaban J connectivity index is 2.35. The normalized spacial score (nSPS) is 10.7. The molecule has 0 aliphatic heterocycles. The molecular weight excluding hydrogens is 268 g/mol. The molecule has 21 heavy (non-hydrogen) atoms. The van der Waals surface area contributed by atoms with Gasteiger partial charge in [-0.15, -0.1) is 0 Å². The smallest absolute Gasteiger partial charge is 0.271 e. The van der Waals surface area contributed by atoms with Crippen LogP contribution in [-0.2, 0) is 0 Å². The van der Waals surface area contributed by atoms with E-state index in [4.69, 9.17) is 10.5 Å². The predicted molar refractivity (Wildman–Crippen MR) is 79.0 cm³/mol. The van der Waals surface area contributed by atoms with Gasteiger partial charge < -0.3 is 10.5 Å². The number of carbonyl (C=O) groups is 1. The molecule has 0 saturated carbocycles. The molecule has 2 aromatic carbocycles. The fraction of sp³-hybridized carbons (Fsp3) is 0.133. The van der Waals surface area contributed by atoms with Gasteiger partial charge in [-0.1, -0.05) is 30.3 Å². The summed E-state index contributed by atoms with van der Waals surface area (Å²) in [6.45, 7) is 2.41. The Morgan fingerprint density at radius 1 is 1.24 bits per heavy atom. The van der Waals surface area contributed by atoms with E-state index in [9.17, 15) is 4.79 Å². The van der Waals surface area contributed by atoms with Gasteiger partial charge in [0.05, 0.1) is 12.2 Å². The number of H-pyrrole nitrogens is 1. The van der Waals surface area contributed by atoms with E-state index in [1.165, 1.54) is 0 Å². The third kappa shape index (κ3) is 2.20. The van der Waals surface area contributed by atoms with E-state index in [1.807, 2.05) is 43.3 Å². The average molecular weight is 282 g/mol. The first-order valence-electron chi connectivity index (χ1n) is 6.58. The second-order valence-corrected chi connectivity index (χ2v) is 4.48. The Labute approximate surface area is 120 Å². The Morgan fingerprint density at radius 2 is 2.05 bits per heavy atom. The van der Waals surface area contributed by atoms with E-state index in [2.05, 4.69) is 15.4 Å². The van der Waals surface area contributed by atoms with Crippen LogP contribution in [0.15, 0.2) is 36.4 Å². The van der Waals surface area contributed by atoms with Gasteiger partial charge in [0, 0.05) is 0 Å². The van der Waals surface area contributed by atoms with Gasteiger partial charge in [0.2, 0.25) is 0 Å². The number of carbonyl (C=O) groups excluding carboxylic acids is 1. The summed E-state index contributed by atoms with van der Waals surface area (Å²) in [7, 11) is 0. The Hall–Kier alpha value is -2.89. The number of aromatic amines is 1. The lowest BCUT2D eigenvalue weighted by atomic mass is 9.99. The first-order chi connectivity index (χ1) is 10.2. The molecule has 3 aromatic rings. The summed E-state index contributed by atoms with van der Waals surface area (Å²) >= 11 is 0. The summed E-state index contributed by atoms with van der Waals surface area (Å²) in [5, 5.41) is 12.3. The van der Waals surface area contributed by atoms with Gasteiger partial charge in [-0.2, -0.15) is 15.4 Å². The predicted octanol–water partition coefficient (Wildman–Crippen LogP) is 2.12. The van der Waals surface area contributed by atoms with Crippen LogP contribution in [-0.4, -0.2) is 27.9 Å². The van der Waals surface area contributed by atoms with Crippen LogP contribution >= 0.6 is 0 Å². The Bertz CT molecular complexity index is 810. The van der Waals surface area contributed by atoms with Crippen LogP contribution in [0.1, 0.15) is 17.4 Å². The van der Waals surface area contributed by atoms with Crippen LogP contribution in [0, 0.1) is 0 Å². The molecule has 1 amide bonds. The third-order valence-corrected chi connectivity index (χ3v) is 3.21. The summed E-state index contributed by atoms with van der Waals surface area (Å²) < 4.78 is 5.67. The zero-order valence-corrected chi connectivity index (χ0v) is 11.5. The van der Waals surface area contributed by atoms with Crippen molar-refractivity contribution in [3.05, 3.63) is 42.1 Å². The van der Waals surface area contributed by atoms with E-state index < -0.39 is 5.91 Å². The Kier molecular flexibility index (Phi) is 3.27. The number of benzene rings is 2. The van der Waals surface area contributed by atoms with Crippen molar-refractivity contribution in [1.29, 1.82) is 0 Å². The van der Waals surface area contributed by atoms with Gasteiger partial charge in [0.1, 0.15) is 11.4 Å². The molecule has 0 saturated heterocycles. The van der Waals surface area contributed by atoms with Crippen LogP contribution in [0.5, 0.6) is 5.75 Å². The van der Waals surface area contributed by atoms with E-state index in [-0.39, 0.29) is 5.69 Å². The van der Waals surface area contributed by atoms with Crippen molar-refractivity contribution in [2.45, 2.75) is 6.92 Å². The number of ether oxygens (including phenoxy) is 1. The van der Waals surface area contributed by atoms with Crippen LogP contribution < -0.4 is 10.5 Å². The second kappa shape index (κ2) is 5.24. The molecule has 0 aliphatic rings. The largest absolute Gasteiger partial charge is 0.493 e. The average Bonchev–Trinajstić information content (AvgIpc) is 2.96. The number of fused-ring (bicyclic) bond motifs is 1. The molecule has 6 heteroatoms. The molecule has 0 bridgehead atoms. The molecule has 0 spiro atoms. The summed E-state index contributed by atoms with van der Waals surface area (Å²) in [5.74, 6) is 0.0155. The monoisotopic (exact) mass is 282 g/mol. The van der Waals surface area contributed by atoms with Gasteiger partial charge in [-0.25, -0.2) is 0 Å². The summed E-state index contributed by atoms with van der Waals surface area (Å²) in [5.41, 5.74) is 6.59. The van der Waals surface area contributed by atoms with Crippen molar-refractivity contribution in [1.82, 2.24) is 15.4 Å². The standard InChI is InChI=1S/C15H14N4O2/c1-2-21-11-8-7-9-5-3-4-6-10(9)12(11)13-14(15(16)20)18-19-17-13/h3-8H,2H2,1H3,(H2,16,20)(H,17,18,19). The van der Waals surface area contributed by atoms with Crippen LogP contribution in [0.2, 0.25) is 0 Å². The molecule has 106 valence electrons. The van der Waals surface area contributed by atoms with Gasteiger partial charge in [-0.3, -0.25) is 4.79 Å². The minimum Gasteiger partial charge on any atom is -0.493 e. The molecule has 0 radical (unpaired) electrons. The van der Waals surface area contributed by atoms with Gasteiger partial charge in [0.25, 0.3) is 5.91 Å². The van der Waals surface area contributed by atoms with Gasteiger partial charge in [-0.05, 0) is 23.8 Å². The van der Waals surface area contributed by atoms with E-state index in [1.54, 1.807) is 0 Å². The fourth-order valence-corrected chi connectivity index (χ4v) is 2.35. The molecule has 6 nitrogen and oxygen atoms in total. The molecule has 0 fully saturated rings. The van der Waals surface area contributed by atoms with Crippen molar-refractivity contribution in [3.8, 4) is 17.0 Å². The van der Waals surface area contributed by atoms with Crippen molar-refractivity contribution in [2.75, 3.05) is 6.61 Å². The number of amides is 1. The number of nitrogens with two attached hydrogens (primary N) is 1. The maximum atomic E-state index is 11.5. The van der Waals surface area contributed by atoms with E-state index in [0.29, 0.717) is 18.1 Å². The quantitative estimate of drug-likeness (QED) is 0.766. The van der Waals surface area contributed by atoms with Crippen LogP contribution in [0.25, 0.3) is 22.0 Å². The maximum Gasteiger partial charge on any atom is 0.271 e. The van der Waals surface area contributed by atoms with Crippen molar-refractivity contribution < 1.29 is 9.53 Å². The number of hydrogen-bond acceptors (Lipinski definition) is 4. The lowest BCUT2D eigenvalue weighted by Gasteiger charge is -2.12. The van der Waals surface area contributed by atoms with Gasteiger partial charge in [0.15, 0.2) is 5.69 Å². The van der Waals surface area contributed by atoms with Crippen molar-refractivity contribution >= 4 is 16.7 Å². The first kappa shape index (κ1) is 13.1. The molecule has 0 aliphatic carbocycles. The van der Waals surface area contributed by atoms with Crippen molar-refractivity contribution in [3.63, 3.8) is 0 Å². The highest BCUT2D eigenvalue weighted by Gasteiger charge is 2.21. The number of nitrogens with zero attached hydrogens (tertiary/aromatic N) is 2.